The molecular formula is C65H72N18O6. The van der Waals surface area contributed by atoms with Gasteiger partial charge in [-0.3, -0.25) is 19.7 Å². The third-order valence-electron chi connectivity index (χ3n) is 12.1. The summed E-state index contributed by atoms with van der Waals surface area (Å²) in [5, 5.41) is 77.5. The lowest BCUT2D eigenvalue weighted by molar-refractivity contribution is 0.0729. The quantitative estimate of drug-likeness (QED) is 0.0186. The number of ketones is 1. The van der Waals surface area contributed by atoms with Gasteiger partial charge in [0.05, 0.1) is 107 Å². The molecule has 7 heterocycles. The predicted octanol–water partition coefficient (Wildman–Crippen LogP) is 9.45. The summed E-state index contributed by atoms with van der Waals surface area (Å²) in [5.41, 5.74) is 25.0. The number of carbonyl (C=O) groups excluding carboxylic acids is 1. The molecule has 0 aliphatic carbocycles. The van der Waals surface area contributed by atoms with Crippen molar-refractivity contribution >= 4 is 17.7 Å². The van der Waals surface area contributed by atoms with Crippen LogP contribution in [0.4, 0.5) is 11.9 Å². The Morgan fingerprint density at radius 1 is 0.640 bits per heavy atom. The van der Waals surface area contributed by atoms with Crippen LogP contribution in [0.3, 0.4) is 0 Å². The molecule has 0 aliphatic rings. The molecule has 9 aromatic rings. The summed E-state index contributed by atoms with van der Waals surface area (Å²) in [7, 11) is 0. The van der Waals surface area contributed by atoms with Crippen LogP contribution in [-0.4, -0.2) is 86.2 Å². The smallest absolute Gasteiger partial charge is 0.221 e. The molecule has 0 bridgehead atoms. The van der Waals surface area contributed by atoms with Crippen molar-refractivity contribution in [1.82, 2.24) is 54.9 Å². The largest absolute Gasteiger partial charge is 0.390 e. The van der Waals surface area contributed by atoms with Crippen LogP contribution in [0, 0.1) is 48.9 Å². The van der Waals surface area contributed by atoms with Gasteiger partial charge in [-0.25, -0.2) is 29.6 Å². The maximum Gasteiger partial charge on any atom is 0.221 e. The molecule has 0 fully saturated rings. The monoisotopic (exact) mass is 1210 g/mol. The van der Waals surface area contributed by atoms with Crippen LogP contribution < -0.4 is 11.5 Å². The number of nitrogens with zero attached hydrogens (tertiary/aromatic N) is 16. The van der Waals surface area contributed by atoms with Gasteiger partial charge >= 0.3 is 0 Å². The Morgan fingerprint density at radius 2 is 1.09 bits per heavy atom. The first-order valence-electron chi connectivity index (χ1n) is 30.1. The number of pyridine rings is 4. The van der Waals surface area contributed by atoms with Crippen molar-refractivity contribution in [2.45, 2.75) is 119 Å². The zero-order valence-corrected chi connectivity index (χ0v) is 50.5. The van der Waals surface area contributed by atoms with E-state index in [4.69, 9.17) is 47.1 Å². The zero-order valence-electron chi connectivity index (χ0n) is 56.5. The van der Waals surface area contributed by atoms with E-state index in [0.717, 1.165) is 27.9 Å². The first kappa shape index (κ1) is 61.4. The molecule has 0 amide bonds. The number of azide groups is 1. The van der Waals surface area contributed by atoms with E-state index in [1.165, 1.54) is 32.9 Å². The molecule has 0 aliphatic heterocycles. The summed E-state index contributed by atoms with van der Waals surface area (Å²) in [6, 6.07) is 38.3. The Morgan fingerprint density at radius 3 is 1.58 bits per heavy atom. The van der Waals surface area contributed by atoms with Gasteiger partial charge in [-0.2, -0.15) is 10.5 Å². The van der Waals surface area contributed by atoms with E-state index < -0.39 is 30.5 Å². The van der Waals surface area contributed by atoms with Crippen molar-refractivity contribution in [1.29, 1.82) is 10.5 Å². The number of terminal acetylenes is 1. The molecule has 0 saturated carbocycles. The normalized spacial score (nSPS) is 12.9. The van der Waals surface area contributed by atoms with Gasteiger partial charge in [0.25, 0.3) is 0 Å². The van der Waals surface area contributed by atoms with Crippen LogP contribution in [0.15, 0.2) is 133 Å². The molecule has 0 saturated heterocycles. The van der Waals surface area contributed by atoms with E-state index in [1.54, 1.807) is 104 Å². The molecule has 24 nitrogen and oxygen atoms in total. The summed E-state index contributed by atoms with van der Waals surface area (Å²) < 4.78 is 44.9. The Hall–Kier alpha value is -10.7. The van der Waals surface area contributed by atoms with Crippen LogP contribution in [-0.2, 0) is 43.1 Å². The molecule has 89 heavy (non-hydrogen) atoms. The molecule has 2 atom stereocenters. The molecule has 2 aromatic carbocycles. The maximum absolute atomic E-state index is 10.8. The van der Waals surface area contributed by atoms with Gasteiger partial charge < -0.3 is 37.0 Å². The van der Waals surface area contributed by atoms with Gasteiger partial charge in [0, 0.05) is 36.9 Å². The number of hydrogen-bond donors (Lipinski definition) is 7. The number of Topliss-reactive ketones (excluding diaryl/α,β-unsaturated/α-hetero) is 1. The van der Waals surface area contributed by atoms with Crippen molar-refractivity contribution in [3.05, 3.63) is 211 Å². The highest BCUT2D eigenvalue weighted by Crippen LogP contribution is 2.29. The minimum atomic E-state index is -2.57. The molecule has 0 spiro atoms. The predicted molar refractivity (Wildman–Crippen MR) is 337 cm³/mol. The second-order valence-corrected chi connectivity index (χ2v) is 19.6. The Labute approximate surface area is 525 Å². The number of benzene rings is 2. The fourth-order valence-corrected chi connectivity index (χ4v) is 7.59. The number of aliphatic hydroxyl groups is 5. The number of anilines is 2. The second-order valence-electron chi connectivity index (χ2n) is 19.6. The summed E-state index contributed by atoms with van der Waals surface area (Å²) in [6.07, 6.45) is 7.06. The summed E-state index contributed by atoms with van der Waals surface area (Å²) >= 11 is 0. The minimum Gasteiger partial charge on any atom is -0.390 e. The number of nitrogens with two attached hydrogens (primary N) is 2. The van der Waals surface area contributed by atoms with Crippen molar-refractivity contribution in [2.24, 2.45) is 5.11 Å². The highest BCUT2D eigenvalue weighted by molar-refractivity contribution is 5.92. The lowest BCUT2D eigenvalue weighted by Crippen LogP contribution is -2.18. The van der Waals surface area contributed by atoms with Gasteiger partial charge in [-0.05, 0) is 145 Å². The third-order valence-corrected chi connectivity index (χ3v) is 12.1. The van der Waals surface area contributed by atoms with Gasteiger partial charge in [-0.15, -0.1) is 11.5 Å². The van der Waals surface area contributed by atoms with Gasteiger partial charge in [0.15, 0.2) is 5.78 Å². The average molecular weight is 1210 g/mol. The first-order chi connectivity index (χ1) is 44.7. The molecule has 9 N–H and O–H groups in total. The van der Waals surface area contributed by atoms with Crippen LogP contribution in [0.1, 0.15) is 149 Å². The molecule has 24 heteroatoms. The van der Waals surface area contributed by atoms with Crippen LogP contribution >= 0.6 is 0 Å². The topological polar surface area (TPSA) is 400 Å². The van der Waals surface area contributed by atoms with Crippen LogP contribution in [0.2, 0.25) is 0 Å². The number of hydrogen-bond acceptors (Lipinski definition) is 21. The fourth-order valence-electron chi connectivity index (χ4n) is 7.59. The number of nitriles is 2. The Bertz CT molecular complexity index is 4280. The van der Waals surface area contributed by atoms with Gasteiger partial charge in [-0.1, -0.05) is 78.6 Å². The fraction of sp³-hybridized carbons (Fsp3) is 0.277. The number of nitrogen functional groups attached to an aromatic ring is 2. The maximum atomic E-state index is 10.8. The van der Waals surface area contributed by atoms with Crippen molar-refractivity contribution < 1.29 is 38.6 Å². The van der Waals surface area contributed by atoms with Crippen LogP contribution in [0.5, 0.6) is 0 Å². The Kier molecular flexibility index (Phi) is 22.9. The number of aromatic nitrogens is 11. The SMILES string of the molecule is C#Cc1cc(-c2cccc(C#N)c2C)nc(N)n1.CC.CC(=O)c1cccc(CO)n1.Cc1c(C#N)cccc1-c1cc(-c2cn(Cc3cccc(C(C)(C)O)n3)nn2)nc(N)n1.[2H]C([2H])([2H])C(C)(O)c1cccc(CN=[N+]=[N-])n1.[2H]C([2H])([2H])C(C)(O)c1cccc(CO)n1. The molecule has 2 unspecified atom stereocenters. The lowest BCUT2D eigenvalue weighted by atomic mass is 10.00. The molecule has 0 radical (unpaired) electrons. The van der Waals surface area contributed by atoms with E-state index in [0.29, 0.717) is 74.6 Å². The van der Waals surface area contributed by atoms with E-state index in [-0.39, 0.29) is 48.8 Å². The van der Waals surface area contributed by atoms with E-state index in [1.807, 2.05) is 58.0 Å². The second kappa shape index (κ2) is 33.2. The van der Waals surface area contributed by atoms with Gasteiger partial charge in [0.2, 0.25) is 11.9 Å². The van der Waals surface area contributed by atoms with Gasteiger partial charge in [0.1, 0.15) is 33.9 Å². The number of carbonyl (C=O) groups is 1. The number of aliphatic hydroxyl groups excluding tert-OH is 2. The van der Waals surface area contributed by atoms with Crippen molar-refractivity contribution in [2.75, 3.05) is 11.5 Å². The standard InChI is InChI=1S/C23H22N8O.C14H10N4.C9H12N4O.C9H13NO2.C8H9NO2.C2H6/c1-14-15(11-24)6-4-8-17(14)18-10-19(28-22(25)27-18)20-13-31(30-29-20)12-16-7-5-9-21(26-16)23(2,3)32;1-3-11-7-13(18-14(16)17-11)12-6-4-5-10(8-15)9(12)2;1-9(2,14)8-5-3-4-7(12-8)6-11-13-10;1-9(2,12)8-5-3-4-7(6-11)10-8;1-6(11)8-4-2-3-7(5-10)9-8;1-2/h4-10,13,32H,12H2,1-3H3,(H2,25,27,28);1,4-7H,2H3,(H2,16,17,18);3-5,14H,6H2,1-2H3;3-5,11-12H,6H2,1-2H3;2-4,10H,5H2,1H3;1-2H3/i;;2*1D3;;. The highest BCUT2D eigenvalue weighted by Gasteiger charge is 2.21. The molecule has 9 rings (SSSR count). The average Bonchev–Trinajstić information content (AvgIpc) is 1.13. The summed E-state index contributed by atoms with van der Waals surface area (Å²) in [4.78, 5) is 46.3. The van der Waals surface area contributed by atoms with Crippen molar-refractivity contribution in [3.63, 3.8) is 0 Å². The lowest BCUT2D eigenvalue weighted by Gasteiger charge is -2.17. The van der Waals surface area contributed by atoms with Crippen molar-refractivity contribution in [3.8, 4) is 58.4 Å². The zero-order chi connectivity index (χ0) is 71.1. The van der Waals surface area contributed by atoms with Crippen LogP contribution in [0.25, 0.3) is 44.3 Å². The minimum absolute atomic E-state index is 0.0153. The molecule has 7 aromatic heterocycles. The summed E-state index contributed by atoms with van der Waals surface area (Å²) in [5.74, 6) is 2.58. The first-order valence-corrected chi connectivity index (χ1v) is 27.1. The third kappa shape index (κ3) is 21.6. The Balaban J connectivity index is 0.000000264. The van der Waals surface area contributed by atoms with E-state index in [2.05, 4.69) is 78.3 Å². The highest BCUT2D eigenvalue weighted by atomic mass is 16.3. The summed E-state index contributed by atoms with van der Waals surface area (Å²) in [6.45, 7) is 9.80. The van der Waals surface area contributed by atoms with E-state index >= 15 is 0 Å². The number of rotatable bonds is 13. The van der Waals surface area contributed by atoms with E-state index in [9.17, 15) is 25.4 Å². The molecule has 458 valence electrons. The molecular weight excluding hydrogens is 1130 g/mol.